The molecule has 0 spiro atoms. The van der Waals surface area contributed by atoms with Crippen molar-refractivity contribution >= 4 is 41.0 Å². The summed E-state index contributed by atoms with van der Waals surface area (Å²) in [5, 5.41) is 4.38. The van der Waals surface area contributed by atoms with Gasteiger partial charge in [0.15, 0.2) is 0 Å². The number of benzene rings is 4. The van der Waals surface area contributed by atoms with Crippen molar-refractivity contribution in [2.24, 2.45) is 4.99 Å². The molecule has 4 aromatic carbocycles. The van der Waals surface area contributed by atoms with Crippen molar-refractivity contribution in [1.82, 2.24) is 0 Å². The summed E-state index contributed by atoms with van der Waals surface area (Å²) in [5.41, 5.74) is 9.32. The van der Waals surface area contributed by atoms with E-state index in [1.807, 2.05) is 23.5 Å². The Morgan fingerprint density at radius 1 is 0.816 bits per heavy atom. The predicted octanol–water partition coefficient (Wildman–Crippen LogP) is 9.85. The summed E-state index contributed by atoms with van der Waals surface area (Å²) in [6.07, 6.45) is 0.914. The fourth-order valence-electron chi connectivity index (χ4n) is 4.82. The number of aryl methyl sites for hydroxylation is 2. The van der Waals surface area contributed by atoms with Crippen LogP contribution in [-0.4, -0.2) is 13.3 Å². The quantitative estimate of drug-likeness (QED) is 0.148. The first-order valence-electron chi connectivity index (χ1n) is 12.8. The van der Waals surface area contributed by atoms with Gasteiger partial charge in [-0.15, -0.1) is 11.3 Å². The van der Waals surface area contributed by atoms with Crippen LogP contribution >= 0.6 is 22.9 Å². The van der Waals surface area contributed by atoms with Gasteiger partial charge in [-0.25, -0.2) is 0 Å². The van der Waals surface area contributed by atoms with Gasteiger partial charge in [0, 0.05) is 27.2 Å². The fraction of sp³-hybridized carbons (Fsp3) is 0.147. The Kier molecular flexibility index (Phi) is 8.07. The average molecular weight is 535 g/mol. The topological polar surface area (TPSA) is 24.4 Å². The molecule has 5 aromatic rings. The van der Waals surface area contributed by atoms with Crippen molar-refractivity contribution in [3.05, 3.63) is 141 Å². The minimum absolute atomic E-state index is 0.0817. The van der Waals surface area contributed by atoms with E-state index in [2.05, 4.69) is 122 Å². The molecule has 1 unspecified atom stereocenters. The van der Waals surface area contributed by atoms with Gasteiger partial charge in [0.2, 0.25) is 0 Å². The summed E-state index contributed by atoms with van der Waals surface area (Å²) in [5.74, 6) is 0.0817. The summed E-state index contributed by atoms with van der Waals surface area (Å²) in [7, 11) is 0. The van der Waals surface area contributed by atoms with Gasteiger partial charge < -0.3 is 5.32 Å². The van der Waals surface area contributed by atoms with Crippen LogP contribution in [0.15, 0.2) is 108 Å². The maximum Gasteiger partial charge on any atom is 0.0853 e. The van der Waals surface area contributed by atoms with Gasteiger partial charge >= 0.3 is 0 Å². The molecule has 0 saturated carbocycles. The van der Waals surface area contributed by atoms with Gasteiger partial charge in [0.05, 0.1) is 11.4 Å². The van der Waals surface area contributed by atoms with Gasteiger partial charge in [-0.2, -0.15) is 0 Å². The van der Waals surface area contributed by atoms with Crippen molar-refractivity contribution in [3.63, 3.8) is 0 Å². The van der Waals surface area contributed by atoms with Crippen LogP contribution in [0, 0.1) is 13.8 Å². The van der Waals surface area contributed by atoms with Crippen LogP contribution < -0.4 is 5.32 Å². The number of hydrogen-bond donors (Lipinski definition) is 1. The van der Waals surface area contributed by atoms with Crippen LogP contribution in [0.5, 0.6) is 0 Å². The third kappa shape index (κ3) is 6.07. The lowest BCUT2D eigenvalue weighted by Crippen LogP contribution is -2.08. The van der Waals surface area contributed by atoms with Gasteiger partial charge in [-0.05, 0) is 91.2 Å². The molecule has 1 N–H and O–H groups in total. The van der Waals surface area contributed by atoms with E-state index in [0.29, 0.717) is 0 Å². The van der Waals surface area contributed by atoms with Crippen LogP contribution in [0.4, 0.5) is 11.4 Å². The highest BCUT2D eigenvalue weighted by Crippen LogP contribution is 2.37. The highest BCUT2D eigenvalue weighted by molar-refractivity contribution is 7.15. The highest BCUT2D eigenvalue weighted by Gasteiger charge is 2.18. The van der Waals surface area contributed by atoms with Crippen LogP contribution in [0.2, 0.25) is 5.02 Å². The molecule has 0 aliphatic rings. The first kappa shape index (κ1) is 26.0. The standard InChI is InChI=1S/C34H31ClN2S/c1-23-7-10-26(11-8-23)34(27-12-15-30(35)16-13-27)29-14-17-31(36-3)32(22-29)37-20-19-25-5-4-6-28(21-25)33-18-9-24(2)38-33/h4-18,21-22,34,37H,3,19-20H2,1-2H3. The van der Waals surface area contributed by atoms with Gasteiger partial charge in [0.25, 0.3) is 0 Å². The number of halogens is 1. The second kappa shape index (κ2) is 11.8. The Labute approximate surface area is 234 Å². The Morgan fingerprint density at radius 2 is 1.53 bits per heavy atom. The largest absolute Gasteiger partial charge is 0.383 e. The summed E-state index contributed by atoms with van der Waals surface area (Å²) in [4.78, 5) is 6.94. The van der Waals surface area contributed by atoms with Crippen molar-refractivity contribution in [1.29, 1.82) is 0 Å². The molecule has 4 heteroatoms. The highest BCUT2D eigenvalue weighted by atomic mass is 35.5. The van der Waals surface area contributed by atoms with Crippen molar-refractivity contribution in [3.8, 4) is 10.4 Å². The Bertz CT molecular complexity index is 1490. The second-order valence-corrected chi connectivity index (χ2v) is 11.3. The van der Waals surface area contributed by atoms with E-state index in [1.165, 1.54) is 43.1 Å². The number of hydrogen-bond acceptors (Lipinski definition) is 3. The third-order valence-corrected chi connectivity index (χ3v) is 8.12. The summed E-state index contributed by atoms with van der Waals surface area (Å²) >= 11 is 8.05. The normalized spacial score (nSPS) is 11.8. The lowest BCUT2D eigenvalue weighted by molar-refractivity contribution is 0.971. The first-order chi connectivity index (χ1) is 18.5. The average Bonchev–Trinajstić information content (AvgIpc) is 3.38. The number of nitrogens with one attached hydrogen (secondary N) is 1. The zero-order valence-electron chi connectivity index (χ0n) is 21.7. The Balaban J connectivity index is 1.40. The molecule has 0 bridgehead atoms. The van der Waals surface area contributed by atoms with E-state index in [-0.39, 0.29) is 5.92 Å². The van der Waals surface area contributed by atoms with E-state index in [9.17, 15) is 0 Å². The van der Waals surface area contributed by atoms with Crippen molar-refractivity contribution < 1.29 is 0 Å². The zero-order chi connectivity index (χ0) is 26.5. The van der Waals surface area contributed by atoms with E-state index in [1.54, 1.807) is 0 Å². The van der Waals surface area contributed by atoms with E-state index in [4.69, 9.17) is 11.6 Å². The Hall–Kier alpha value is -3.66. The Morgan fingerprint density at radius 3 is 2.21 bits per heavy atom. The summed E-state index contributed by atoms with van der Waals surface area (Å²) in [6.45, 7) is 8.88. The maximum atomic E-state index is 6.22. The molecular weight excluding hydrogens is 504 g/mol. The van der Waals surface area contributed by atoms with Gasteiger partial charge in [-0.3, -0.25) is 4.99 Å². The molecule has 5 rings (SSSR count). The van der Waals surface area contributed by atoms with E-state index >= 15 is 0 Å². The van der Waals surface area contributed by atoms with Crippen LogP contribution in [0.3, 0.4) is 0 Å². The number of aliphatic imine (C=N–C) groups is 1. The zero-order valence-corrected chi connectivity index (χ0v) is 23.3. The van der Waals surface area contributed by atoms with E-state index in [0.717, 1.165) is 29.4 Å². The fourth-order valence-corrected chi connectivity index (χ4v) is 5.81. The van der Waals surface area contributed by atoms with Crippen LogP contribution in [0.1, 0.15) is 38.6 Å². The van der Waals surface area contributed by atoms with Gasteiger partial charge in [0.1, 0.15) is 0 Å². The predicted molar refractivity (Wildman–Crippen MR) is 166 cm³/mol. The number of rotatable bonds is 9. The summed E-state index contributed by atoms with van der Waals surface area (Å²) in [6, 6.07) is 36.5. The van der Waals surface area contributed by atoms with Crippen LogP contribution in [-0.2, 0) is 6.42 Å². The molecule has 0 radical (unpaired) electrons. The SMILES string of the molecule is C=Nc1ccc(C(c2ccc(C)cc2)c2ccc(Cl)cc2)cc1NCCc1cccc(-c2ccc(C)s2)c1. The van der Waals surface area contributed by atoms with Crippen molar-refractivity contribution in [2.75, 3.05) is 11.9 Å². The summed E-state index contributed by atoms with van der Waals surface area (Å²) < 4.78 is 0. The minimum Gasteiger partial charge on any atom is -0.383 e. The number of thiophene rings is 1. The van der Waals surface area contributed by atoms with E-state index < -0.39 is 0 Å². The molecular formula is C34H31ClN2S. The number of anilines is 1. The lowest BCUT2D eigenvalue weighted by atomic mass is 9.84. The molecule has 38 heavy (non-hydrogen) atoms. The maximum absolute atomic E-state index is 6.22. The smallest absolute Gasteiger partial charge is 0.0853 e. The molecule has 0 amide bonds. The number of nitrogens with zero attached hydrogens (tertiary/aromatic N) is 1. The molecule has 190 valence electrons. The lowest BCUT2D eigenvalue weighted by Gasteiger charge is -2.21. The monoisotopic (exact) mass is 534 g/mol. The molecule has 0 aliphatic heterocycles. The molecule has 1 aromatic heterocycles. The second-order valence-electron chi connectivity index (χ2n) is 9.62. The first-order valence-corrected chi connectivity index (χ1v) is 14.0. The van der Waals surface area contributed by atoms with Gasteiger partial charge in [-0.1, -0.05) is 83.9 Å². The molecule has 1 heterocycles. The molecule has 0 fully saturated rings. The molecule has 0 saturated heterocycles. The van der Waals surface area contributed by atoms with Crippen molar-refractivity contribution in [2.45, 2.75) is 26.2 Å². The molecule has 2 nitrogen and oxygen atoms in total. The van der Waals surface area contributed by atoms with Crippen LogP contribution in [0.25, 0.3) is 10.4 Å². The molecule has 1 atom stereocenters. The minimum atomic E-state index is 0.0817. The third-order valence-electron chi connectivity index (χ3n) is 6.82. The molecule has 0 aliphatic carbocycles.